The molecule has 5 heteroatoms. The number of halogens is 2. The monoisotopic (exact) mass is 322 g/mol. The minimum Gasteiger partial charge on any atom is -0.370 e. The SMILES string of the molecule is NC(=O)C(Nc1cccc(Br)c1)c1ccc(F)cc1. The Hall–Kier alpha value is -1.88. The lowest BCUT2D eigenvalue weighted by molar-refractivity contribution is -0.118. The average molecular weight is 323 g/mol. The molecule has 0 heterocycles. The van der Waals surface area contributed by atoms with Gasteiger partial charge in [0.25, 0.3) is 0 Å². The Bertz CT molecular complexity index is 586. The predicted molar refractivity (Wildman–Crippen MR) is 76.1 cm³/mol. The van der Waals surface area contributed by atoms with Crippen molar-refractivity contribution in [2.75, 3.05) is 5.32 Å². The molecule has 0 saturated heterocycles. The van der Waals surface area contributed by atoms with Gasteiger partial charge in [0.15, 0.2) is 0 Å². The van der Waals surface area contributed by atoms with Crippen molar-refractivity contribution in [3.63, 3.8) is 0 Å². The smallest absolute Gasteiger partial charge is 0.244 e. The van der Waals surface area contributed by atoms with Crippen molar-refractivity contribution in [1.29, 1.82) is 0 Å². The van der Waals surface area contributed by atoms with Gasteiger partial charge in [-0.1, -0.05) is 34.1 Å². The molecule has 1 unspecified atom stereocenters. The predicted octanol–water partition coefficient (Wildman–Crippen LogP) is 3.23. The first-order valence-corrected chi connectivity index (χ1v) is 6.42. The van der Waals surface area contributed by atoms with E-state index >= 15 is 0 Å². The van der Waals surface area contributed by atoms with E-state index < -0.39 is 11.9 Å². The van der Waals surface area contributed by atoms with E-state index in [9.17, 15) is 9.18 Å². The highest BCUT2D eigenvalue weighted by Crippen LogP contribution is 2.22. The van der Waals surface area contributed by atoms with E-state index in [1.165, 1.54) is 24.3 Å². The van der Waals surface area contributed by atoms with Crippen LogP contribution >= 0.6 is 15.9 Å². The van der Waals surface area contributed by atoms with Crippen molar-refractivity contribution in [3.05, 3.63) is 64.4 Å². The van der Waals surface area contributed by atoms with Gasteiger partial charge in [-0.3, -0.25) is 4.79 Å². The second-order valence-electron chi connectivity index (χ2n) is 4.04. The van der Waals surface area contributed by atoms with Gasteiger partial charge in [-0.05, 0) is 35.9 Å². The number of rotatable bonds is 4. The highest BCUT2D eigenvalue weighted by atomic mass is 79.9. The third-order valence-corrected chi connectivity index (χ3v) is 3.12. The Labute approximate surface area is 118 Å². The largest absolute Gasteiger partial charge is 0.370 e. The maximum Gasteiger partial charge on any atom is 0.244 e. The Kier molecular flexibility index (Phi) is 4.16. The molecular formula is C14H12BrFN2O. The van der Waals surface area contributed by atoms with Gasteiger partial charge in [0, 0.05) is 10.2 Å². The summed E-state index contributed by atoms with van der Waals surface area (Å²) in [5, 5.41) is 3.03. The Morgan fingerprint density at radius 2 is 1.89 bits per heavy atom. The molecule has 0 aromatic heterocycles. The first-order valence-electron chi connectivity index (χ1n) is 5.63. The molecule has 0 aliphatic heterocycles. The van der Waals surface area contributed by atoms with Gasteiger partial charge in [0.2, 0.25) is 5.91 Å². The van der Waals surface area contributed by atoms with Crippen molar-refractivity contribution >= 4 is 27.5 Å². The third kappa shape index (κ3) is 3.54. The summed E-state index contributed by atoms with van der Waals surface area (Å²) in [4.78, 5) is 11.5. The summed E-state index contributed by atoms with van der Waals surface area (Å²) in [6, 6.07) is 12.4. The van der Waals surface area contributed by atoms with E-state index in [-0.39, 0.29) is 5.82 Å². The van der Waals surface area contributed by atoms with Crippen LogP contribution in [0.2, 0.25) is 0 Å². The zero-order valence-electron chi connectivity index (χ0n) is 9.94. The van der Waals surface area contributed by atoms with Gasteiger partial charge >= 0.3 is 0 Å². The quantitative estimate of drug-likeness (QED) is 0.908. The highest BCUT2D eigenvalue weighted by molar-refractivity contribution is 9.10. The van der Waals surface area contributed by atoms with Crippen molar-refractivity contribution in [1.82, 2.24) is 0 Å². The fourth-order valence-corrected chi connectivity index (χ4v) is 2.12. The zero-order chi connectivity index (χ0) is 13.8. The number of amides is 1. The summed E-state index contributed by atoms with van der Waals surface area (Å²) in [7, 11) is 0. The van der Waals surface area contributed by atoms with E-state index in [0.29, 0.717) is 5.56 Å². The van der Waals surface area contributed by atoms with Gasteiger partial charge in [0.05, 0.1) is 0 Å². The number of anilines is 1. The lowest BCUT2D eigenvalue weighted by Crippen LogP contribution is -2.27. The number of carbonyl (C=O) groups excluding carboxylic acids is 1. The van der Waals surface area contributed by atoms with E-state index in [1.54, 1.807) is 0 Å². The molecule has 0 aliphatic rings. The third-order valence-electron chi connectivity index (χ3n) is 2.62. The van der Waals surface area contributed by atoms with Crippen LogP contribution in [0.3, 0.4) is 0 Å². The topological polar surface area (TPSA) is 55.1 Å². The van der Waals surface area contributed by atoms with Gasteiger partial charge in [0.1, 0.15) is 11.9 Å². The van der Waals surface area contributed by atoms with E-state index in [2.05, 4.69) is 21.2 Å². The maximum absolute atomic E-state index is 12.9. The normalized spacial score (nSPS) is 11.9. The first kappa shape index (κ1) is 13.5. The number of carbonyl (C=O) groups is 1. The molecule has 2 aromatic carbocycles. The fourth-order valence-electron chi connectivity index (χ4n) is 1.72. The molecule has 3 N–H and O–H groups in total. The maximum atomic E-state index is 12.9. The number of primary amides is 1. The first-order chi connectivity index (χ1) is 9.06. The molecule has 0 spiro atoms. The lowest BCUT2D eigenvalue weighted by atomic mass is 10.1. The van der Waals surface area contributed by atoms with Crippen LogP contribution in [0, 0.1) is 5.82 Å². The van der Waals surface area contributed by atoms with Crippen molar-refractivity contribution in [3.8, 4) is 0 Å². The molecule has 3 nitrogen and oxygen atoms in total. The van der Waals surface area contributed by atoms with Gasteiger partial charge in [-0.25, -0.2) is 4.39 Å². The van der Waals surface area contributed by atoms with Crippen molar-refractivity contribution in [2.45, 2.75) is 6.04 Å². The Balaban J connectivity index is 2.26. The summed E-state index contributed by atoms with van der Waals surface area (Å²) in [5.74, 6) is -0.874. The van der Waals surface area contributed by atoms with Crippen LogP contribution in [0.1, 0.15) is 11.6 Å². The molecule has 0 aliphatic carbocycles. The highest BCUT2D eigenvalue weighted by Gasteiger charge is 2.17. The molecule has 0 bridgehead atoms. The number of nitrogens with two attached hydrogens (primary N) is 1. The minimum absolute atomic E-state index is 0.352. The van der Waals surface area contributed by atoms with Crippen LogP contribution < -0.4 is 11.1 Å². The lowest BCUT2D eigenvalue weighted by Gasteiger charge is -2.17. The van der Waals surface area contributed by atoms with Gasteiger partial charge in [-0.2, -0.15) is 0 Å². The molecule has 0 saturated carbocycles. The molecule has 1 atom stereocenters. The van der Waals surface area contributed by atoms with Gasteiger partial charge < -0.3 is 11.1 Å². The fraction of sp³-hybridized carbons (Fsp3) is 0.0714. The average Bonchev–Trinajstić information content (AvgIpc) is 2.37. The molecular weight excluding hydrogens is 311 g/mol. The minimum atomic E-state index is -0.699. The summed E-state index contributed by atoms with van der Waals surface area (Å²) in [6.45, 7) is 0. The zero-order valence-corrected chi connectivity index (χ0v) is 11.5. The summed E-state index contributed by atoms with van der Waals surface area (Å²) < 4.78 is 13.8. The summed E-state index contributed by atoms with van der Waals surface area (Å²) in [5.41, 5.74) is 6.76. The van der Waals surface area contributed by atoms with Gasteiger partial charge in [-0.15, -0.1) is 0 Å². The molecule has 19 heavy (non-hydrogen) atoms. The second kappa shape index (κ2) is 5.84. The van der Waals surface area contributed by atoms with Crippen LogP contribution in [-0.4, -0.2) is 5.91 Å². The van der Waals surface area contributed by atoms with E-state index in [4.69, 9.17) is 5.73 Å². The Morgan fingerprint density at radius 1 is 1.21 bits per heavy atom. The van der Waals surface area contributed by atoms with Crippen LogP contribution in [0.15, 0.2) is 53.0 Å². The molecule has 98 valence electrons. The molecule has 2 aromatic rings. The number of nitrogens with one attached hydrogen (secondary N) is 1. The number of benzene rings is 2. The molecule has 2 rings (SSSR count). The number of hydrogen-bond acceptors (Lipinski definition) is 2. The van der Waals surface area contributed by atoms with Crippen LogP contribution in [0.5, 0.6) is 0 Å². The van der Waals surface area contributed by atoms with Crippen LogP contribution in [-0.2, 0) is 4.79 Å². The molecule has 1 amide bonds. The van der Waals surface area contributed by atoms with E-state index in [1.807, 2.05) is 24.3 Å². The summed E-state index contributed by atoms with van der Waals surface area (Å²) >= 11 is 3.35. The van der Waals surface area contributed by atoms with Crippen molar-refractivity contribution < 1.29 is 9.18 Å². The Morgan fingerprint density at radius 3 is 2.47 bits per heavy atom. The van der Waals surface area contributed by atoms with E-state index in [0.717, 1.165) is 10.2 Å². The van der Waals surface area contributed by atoms with Crippen molar-refractivity contribution in [2.24, 2.45) is 5.73 Å². The molecule has 0 fully saturated rings. The second-order valence-corrected chi connectivity index (χ2v) is 4.96. The van der Waals surface area contributed by atoms with Crippen LogP contribution in [0.4, 0.5) is 10.1 Å². The molecule has 0 radical (unpaired) electrons. The number of hydrogen-bond donors (Lipinski definition) is 2. The standard InChI is InChI=1S/C14H12BrFN2O/c15-10-2-1-3-12(8-10)18-13(14(17)19)9-4-6-11(16)7-5-9/h1-8,13,18H,(H2,17,19). The van der Waals surface area contributed by atoms with Crippen LogP contribution in [0.25, 0.3) is 0 Å². The summed E-state index contributed by atoms with van der Waals surface area (Å²) in [6.07, 6.45) is 0.